The topological polar surface area (TPSA) is 83.1 Å². The van der Waals surface area contributed by atoms with E-state index in [1.807, 2.05) is 25.3 Å². The molecule has 4 heterocycles. The Balaban J connectivity index is 1.28. The Morgan fingerprint density at radius 3 is 3.21 bits per heavy atom. The number of H-pyrrole nitrogens is 1. The highest BCUT2D eigenvalue weighted by atomic mass is 16.5. The second-order valence-electron chi connectivity index (χ2n) is 7.98. The molecule has 2 aliphatic rings. The molecule has 1 saturated heterocycles. The lowest BCUT2D eigenvalue weighted by molar-refractivity contribution is 0.0928. The van der Waals surface area contributed by atoms with E-state index in [1.54, 1.807) is 0 Å². The molecule has 1 aromatic carbocycles. The van der Waals surface area contributed by atoms with Crippen LogP contribution in [0.4, 0.5) is 5.95 Å². The van der Waals surface area contributed by atoms with Gasteiger partial charge in [0, 0.05) is 48.2 Å². The van der Waals surface area contributed by atoms with Gasteiger partial charge in [-0.3, -0.25) is 4.79 Å². The van der Waals surface area contributed by atoms with Crippen LogP contribution >= 0.6 is 0 Å². The molecule has 2 aliphatic heterocycles. The average Bonchev–Trinajstić information content (AvgIpc) is 3.17. The number of rotatable bonds is 3. The fourth-order valence-electron chi connectivity index (χ4n) is 4.17. The highest BCUT2D eigenvalue weighted by Crippen LogP contribution is 2.21. The number of amides is 1. The lowest BCUT2D eigenvalue weighted by Crippen LogP contribution is -2.48. The van der Waals surface area contributed by atoms with Crippen molar-refractivity contribution in [3.05, 3.63) is 53.0 Å². The lowest BCUT2D eigenvalue weighted by Gasteiger charge is -2.33. The average molecular weight is 391 g/mol. The molecule has 1 atom stereocenters. The van der Waals surface area contributed by atoms with Gasteiger partial charge in [0.25, 0.3) is 5.91 Å². The van der Waals surface area contributed by atoms with Crippen LogP contribution in [0.3, 0.4) is 0 Å². The zero-order valence-corrected chi connectivity index (χ0v) is 16.6. The first-order chi connectivity index (χ1) is 14.2. The summed E-state index contributed by atoms with van der Waals surface area (Å²) in [4.78, 5) is 27.5. The molecule has 5 rings (SSSR count). The molecule has 0 bridgehead atoms. The number of piperidine rings is 1. The normalized spacial score (nSPS) is 19.2. The first kappa shape index (κ1) is 18.1. The Hall–Kier alpha value is -2.93. The number of benzene rings is 1. The Morgan fingerprint density at radius 1 is 1.34 bits per heavy atom. The van der Waals surface area contributed by atoms with Gasteiger partial charge in [0.2, 0.25) is 5.95 Å². The van der Waals surface area contributed by atoms with Crippen molar-refractivity contribution >= 4 is 22.8 Å². The SMILES string of the molecule is Cc1ccc2cc(C(=O)NC3CCCN(c4ncc5c(n4)CCOC5)C3)[nH]c2c1. The Morgan fingerprint density at radius 2 is 2.28 bits per heavy atom. The standard InChI is InChI=1S/C22H25N5O2/c1-14-4-5-15-10-20(25-19(15)9-14)21(28)24-17-3-2-7-27(12-17)22-23-11-16-13-29-8-6-18(16)26-22/h4-5,9-11,17,25H,2-3,6-8,12-13H2,1H3,(H,24,28). The van der Waals surface area contributed by atoms with Crippen LogP contribution in [0.5, 0.6) is 0 Å². The molecular weight excluding hydrogens is 366 g/mol. The first-order valence-corrected chi connectivity index (χ1v) is 10.2. The predicted molar refractivity (Wildman–Crippen MR) is 111 cm³/mol. The summed E-state index contributed by atoms with van der Waals surface area (Å²) < 4.78 is 5.47. The van der Waals surface area contributed by atoms with Gasteiger partial charge in [0.05, 0.1) is 18.9 Å². The van der Waals surface area contributed by atoms with Crippen LogP contribution in [-0.4, -0.2) is 46.6 Å². The van der Waals surface area contributed by atoms with Gasteiger partial charge in [-0.15, -0.1) is 0 Å². The molecule has 2 aromatic heterocycles. The highest BCUT2D eigenvalue weighted by Gasteiger charge is 2.25. The number of aromatic amines is 1. The molecule has 7 nitrogen and oxygen atoms in total. The summed E-state index contributed by atoms with van der Waals surface area (Å²) in [6, 6.07) is 8.15. The summed E-state index contributed by atoms with van der Waals surface area (Å²) in [5, 5.41) is 4.24. The van der Waals surface area contributed by atoms with Gasteiger partial charge in [-0.25, -0.2) is 9.97 Å². The van der Waals surface area contributed by atoms with Gasteiger partial charge in [-0.1, -0.05) is 12.1 Å². The molecule has 3 aromatic rings. The summed E-state index contributed by atoms with van der Waals surface area (Å²) >= 11 is 0. The summed E-state index contributed by atoms with van der Waals surface area (Å²) in [6.45, 7) is 4.99. The number of carbonyl (C=O) groups is 1. The van der Waals surface area contributed by atoms with Crippen LogP contribution in [0, 0.1) is 6.92 Å². The van der Waals surface area contributed by atoms with Crippen molar-refractivity contribution in [2.24, 2.45) is 0 Å². The molecule has 0 saturated carbocycles. The minimum atomic E-state index is -0.0609. The van der Waals surface area contributed by atoms with Gasteiger partial charge in [0.15, 0.2) is 0 Å². The summed E-state index contributed by atoms with van der Waals surface area (Å²) in [7, 11) is 0. The third kappa shape index (κ3) is 3.70. The maximum atomic E-state index is 12.8. The predicted octanol–water partition coefficient (Wildman–Crippen LogP) is 2.74. The van der Waals surface area contributed by atoms with Gasteiger partial charge in [-0.05, 0) is 37.5 Å². The first-order valence-electron chi connectivity index (χ1n) is 10.2. The molecule has 2 N–H and O–H groups in total. The fraction of sp³-hybridized carbons (Fsp3) is 0.409. The van der Waals surface area contributed by atoms with Crippen molar-refractivity contribution in [3.63, 3.8) is 0 Å². The van der Waals surface area contributed by atoms with Crippen LogP contribution in [0.2, 0.25) is 0 Å². The Labute approximate surface area is 169 Å². The number of nitrogens with one attached hydrogen (secondary N) is 2. The number of fused-ring (bicyclic) bond motifs is 2. The smallest absolute Gasteiger partial charge is 0.268 e. The van der Waals surface area contributed by atoms with Crippen LogP contribution in [0.15, 0.2) is 30.5 Å². The largest absolute Gasteiger partial charge is 0.376 e. The van der Waals surface area contributed by atoms with Gasteiger partial charge >= 0.3 is 0 Å². The van der Waals surface area contributed by atoms with E-state index >= 15 is 0 Å². The monoisotopic (exact) mass is 391 g/mol. The molecule has 29 heavy (non-hydrogen) atoms. The van der Waals surface area contributed by atoms with E-state index in [9.17, 15) is 4.79 Å². The number of hydrogen-bond donors (Lipinski definition) is 2. The van der Waals surface area contributed by atoms with E-state index in [0.717, 1.165) is 60.5 Å². The molecule has 1 fully saturated rings. The van der Waals surface area contributed by atoms with Crippen LogP contribution in [0.25, 0.3) is 10.9 Å². The van der Waals surface area contributed by atoms with E-state index in [1.165, 1.54) is 5.56 Å². The maximum Gasteiger partial charge on any atom is 0.268 e. The number of aryl methyl sites for hydroxylation is 1. The van der Waals surface area contributed by atoms with Crippen molar-refractivity contribution in [2.75, 3.05) is 24.6 Å². The molecule has 1 unspecified atom stereocenters. The van der Waals surface area contributed by atoms with Crippen molar-refractivity contribution in [3.8, 4) is 0 Å². The summed E-state index contributed by atoms with van der Waals surface area (Å²) in [5.41, 5.74) is 4.93. The quantitative estimate of drug-likeness (QED) is 0.717. The van der Waals surface area contributed by atoms with Crippen molar-refractivity contribution in [1.29, 1.82) is 0 Å². The molecule has 0 radical (unpaired) electrons. The second-order valence-corrected chi connectivity index (χ2v) is 7.98. The number of anilines is 1. The van der Waals surface area contributed by atoms with Crippen LogP contribution in [0.1, 0.15) is 40.2 Å². The van der Waals surface area contributed by atoms with Crippen LogP contribution < -0.4 is 10.2 Å². The molecule has 0 aliphatic carbocycles. The number of aromatic nitrogens is 3. The third-order valence-electron chi connectivity index (χ3n) is 5.74. The number of nitrogens with zero attached hydrogens (tertiary/aromatic N) is 3. The summed E-state index contributed by atoms with van der Waals surface area (Å²) in [5.74, 6) is 0.694. The van der Waals surface area contributed by atoms with Crippen molar-refractivity contribution in [2.45, 2.75) is 38.8 Å². The minimum absolute atomic E-state index is 0.0609. The number of carbonyl (C=O) groups excluding carboxylic acids is 1. The van der Waals surface area contributed by atoms with E-state index in [2.05, 4.69) is 32.3 Å². The molecule has 1 amide bonds. The van der Waals surface area contributed by atoms with Crippen LogP contribution in [-0.2, 0) is 17.8 Å². The minimum Gasteiger partial charge on any atom is -0.376 e. The van der Waals surface area contributed by atoms with E-state index in [-0.39, 0.29) is 11.9 Å². The zero-order chi connectivity index (χ0) is 19.8. The maximum absolute atomic E-state index is 12.8. The van der Waals surface area contributed by atoms with Gasteiger partial charge in [-0.2, -0.15) is 0 Å². The zero-order valence-electron chi connectivity index (χ0n) is 16.6. The van der Waals surface area contributed by atoms with Gasteiger partial charge < -0.3 is 19.9 Å². The van der Waals surface area contributed by atoms with Crippen molar-refractivity contribution < 1.29 is 9.53 Å². The molecular formula is C22H25N5O2. The van der Waals surface area contributed by atoms with Gasteiger partial charge in [0.1, 0.15) is 5.69 Å². The summed E-state index contributed by atoms with van der Waals surface area (Å²) in [6.07, 6.45) is 4.67. The van der Waals surface area contributed by atoms with E-state index in [4.69, 9.17) is 9.72 Å². The number of hydrogen-bond acceptors (Lipinski definition) is 5. The molecule has 150 valence electrons. The van der Waals surface area contributed by atoms with E-state index in [0.29, 0.717) is 18.9 Å². The fourth-order valence-corrected chi connectivity index (χ4v) is 4.17. The third-order valence-corrected chi connectivity index (χ3v) is 5.74. The molecule has 7 heteroatoms. The highest BCUT2D eigenvalue weighted by molar-refractivity contribution is 5.98. The lowest BCUT2D eigenvalue weighted by atomic mass is 10.1. The number of ether oxygens (including phenoxy) is 1. The molecule has 0 spiro atoms. The second kappa shape index (κ2) is 7.48. The Bertz CT molecular complexity index is 1060. The Kier molecular flexibility index (Phi) is 4.67. The van der Waals surface area contributed by atoms with E-state index < -0.39 is 0 Å². The van der Waals surface area contributed by atoms with Crippen molar-refractivity contribution in [1.82, 2.24) is 20.3 Å².